The van der Waals surface area contributed by atoms with Gasteiger partial charge in [0.2, 0.25) is 0 Å². The number of ketones is 1. The van der Waals surface area contributed by atoms with Gasteiger partial charge in [-0.1, -0.05) is 39.1 Å². The third-order valence-electron chi connectivity index (χ3n) is 1.59. The van der Waals surface area contributed by atoms with Gasteiger partial charge >= 0.3 is 0 Å². The average molecular weight is 293 g/mol. The average Bonchev–Trinajstić information content (AvgIpc) is 2.20. The molecule has 72 valence electrons. The largest absolute Gasteiger partial charge is 0.293 e. The van der Waals surface area contributed by atoms with E-state index in [2.05, 4.69) is 15.9 Å². The summed E-state index contributed by atoms with van der Waals surface area (Å²) in [6.07, 6.45) is 0. The quantitative estimate of drug-likeness (QED) is 0.619. The number of carbonyl (C=O) groups is 1. The van der Waals surface area contributed by atoms with Crippen LogP contribution in [-0.2, 0) is 0 Å². The molecule has 0 amide bonds. The predicted molar refractivity (Wildman–Crippen MR) is 59.3 cm³/mol. The zero-order valence-corrected chi connectivity index (χ0v) is 9.95. The molecule has 0 aliphatic carbocycles. The monoisotopic (exact) mass is 291 g/mol. The van der Waals surface area contributed by atoms with Crippen molar-refractivity contribution in [2.75, 3.05) is 5.33 Å². The van der Waals surface area contributed by atoms with Crippen LogP contribution in [0, 0.1) is 11.3 Å². The summed E-state index contributed by atoms with van der Waals surface area (Å²) in [4.78, 5) is 11.3. The summed E-state index contributed by atoms with van der Waals surface area (Å²) in [7, 11) is 0. The summed E-state index contributed by atoms with van der Waals surface area (Å²) in [6.45, 7) is 0. The van der Waals surface area contributed by atoms with Crippen LogP contribution in [0.25, 0.3) is 0 Å². The molecule has 2 nitrogen and oxygen atoms in total. The van der Waals surface area contributed by atoms with Gasteiger partial charge in [-0.05, 0) is 12.1 Å². The van der Waals surface area contributed by atoms with E-state index in [4.69, 9.17) is 28.5 Å². The summed E-state index contributed by atoms with van der Waals surface area (Å²) < 4.78 is 0. The third kappa shape index (κ3) is 2.27. The number of Topliss-reactive ketones (excluding diaryl/α,β-unsaturated/α-hetero) is 1. The lowest BCUT2D eigenvalue weighted by atomic mass is 10.1. The van der Waals surface area contributed by atoms with Gasteiger partial charge < -0.3 is 0 Å². The van der Waals surface area contributed by atoms with Crippen molar-refractivity contribution in [2.45, 2.75) is 0 Å². The highest BCUT2D eigenvalue weighted by molar-refractivity contribution is 9.09. The van der Waals surface area contributed by atoms with Crippen LogP contribution in [0.15, 0.2) is 12.1 Å². The highest BCUT2D eigenvalue weighted by Gasteiger charge is 2.11. The molecule has 0 spiro atoms. The maximum Gasteiger partial charge on any atom is 0.173 e. The number of alkyl halides is 1. The van der Waals surface area contributed by atoms with Crippen LogP contribution in [0.2, 0.25) is 10.0 Å². The normalized spacial score (nSPS) is 9.57. The smallest absolute Gasteiger partial charge is 0.173 e. The van der Waals surface area contributed by atoms with Gasteiger partial charge in [0.1, 0.15) is 6.07 Å². The van der Waals surface area contributed by atoms with Crippen molar-refractivity contribution in [3.8, 4) is 6.07 Å². The Morgan fingerprint density at radius 1 is 1.50 bits per heavy atom. The summed E-state index contributed by atoms with van der Waals surface area (Å²) >= 11 is 14.5. The number of hydrogen-bond acceptors (Lipinski definition) is 2. The Morgan fingerprint density at radius 2 is 2.14 bits per heavy atom. The Kier molecular flexibility index (Phi) is 3.94. The molecule has 0 atom stereocenters. The molecule has 0 aliphatic heterocycles. The van der Waals surface area contributed by atoms with E-state index in [-0.39, 0.29) is 26.7 Å². The van der Waals surface area contributed by atoms with Crippen molar-refractivity contribution in [3.63, 3.8) is 0 Å². The fraction of sp³-hybridized carbons (Fsp3) is 0.111. The van der Waals surface area contributed by atoms with Gasteiger partial charge in [0, 0.05) is 5.56 Å². The first-order valence-corrected chi connectivity index (χ1v) is 5.46. The molecule has 1 rings (SSSR count). The molecule has 0 radical (unpaired) electrons. The van der Waals surface area contributed by atoms with E-state index in [1.165, 1.54) is 12.1 Å². The zero-order chi connectivity index (χ0) is 10.7. The minimum atomic E-state index is -0.139. The van der Waals surface area contributed by atoms with Crippen molar-refractivity contribution in [2.24, 2.45) is 0 Å². The highest BCUT2D eigenvalue weighted by atomic mass is 79.9. The number of nitriles is 1. The number of halogens is 3. The van der Waals surface area contributed by atoms with Crippen LogP contribution in [0.5, 0.6) is 0 Å². The van der Waals surface area contributed by atoms with E-state index >= 15 is 0 Å². The minimum absolute atomic E-state index is 0.139. The van der Waals surface area contributed by atoms with Crippen molar-refractivity contribution in [1.29, 1.82) is 5.26 Å². The first kappa shape index (κ1) is 11.5. The van der Waals surface area contributed by atoms with E-state index in [9.17, 15) is 4.79 Å². The number of benzene rings is 1. The van der Waals surface area contributed by atoms with Crippen molar-refractivity contribution in [1.82, 2.24) is 0 Å². The molecule has 0 fully saturated rings. The molecule has 0 heterocycles. The molecule has 5 heteroatoms. The minimum Gasteiger partial charge on any atom is -0.293 e. The van der Waals surface area contributed by atoms with Gasteiger partial charge in [-0.15, -0.1) is 0 Å². The van der Waals surface area contributed by atoms with Gasteiger partial charge in [0.15, 0.2) is 5.78 Å². The van der Waals surface area contributed by atoms with E-state index in [1.807, 2.05) is 6.07 Å². The van der Waals surface area contributed by atoms with Gasteiger partial charge in [-0.25, -0.2) is 0 Å². The highest BCUT2D eigenvalue weighted by Crippen LogP contribution is 2.27. The fourth-order valence-corrected chi connectivity index (χ4v) is 1.60. The molecule has 0 unspecified atom stereocenters. The lowest BCUT2D eigenvalue weighted by molar-refractivity contribution is 0.102. The summed E-state index contributed by atoms with van der Waals surface area (Å²) in [5.74, 6) is -0.139. The predicted octanol–water partition coefficient (Wildman–Crippen LogP) is 3.44. The van der Waals surface area contributed by atoms with Gasteiger partial charge in [0.25, 0.3) is 0 Å². The molecule has 0 aliphatic rings. The Morgan fingerprint density at radius 3 is 2.64 bits per heavy atom. The van der Waals surface area contributed by atoms with Crippen molar-refractivity contribution >= 4 is 44.9 Å². The number of carbonyl (C=O) groups excluding carboxylic acids is 1. The molecule has 1 aromatic rings. The molecule has 0 aromatic heterocycles. The maximum absolute atomic E-state index is 11.3. The summed E-state index contributed by atoms with van der Waals surface area (Å²) in [6, 6.07) is 4.75. The fourth-order valence-electron chi connectivity index (χ4n) is 0.909. The van der Waals surface area contributed by atoms with Gasteiger partial charge in [-0.3, -0.25) is 4.79 Å². The standard InChI is InChI=1S/C9H4BrCl2NO/c10-3-8(14)5-1-6(4-13)9(12)7(11)2-5/h1-2H,3H2. The van der Waals surface area contributed by atoms with E-state index in [0.29, 0.717) is 5.56 Å². The Bertz CT molecular complexity index is 426. The van der Waals surface area contributed by atoms with Crippen LogP contribution in [0.1, 0.15) is 15.9 Å². The second-order valence-corrected chi connectivity index (χ2v) is 3.83. The lowest BCUT2D eigenvalue weighted by Crippen LogP contribution is -2.00. The Hall–Kier alpha value is -0.560. The topological polar surface area (TPSA) is 40.9 Å². The van der Waals surface area contributed by atoms with Gasteiger partial charge in [0.05, 0.1) is 20.9 Å². The van der Waals surface area contributed by atoms with Gasteiger partial charge in [-0.2, -0.15) is 5.26 Å². The Labute approximate surface area is 99.6 Å². The molecule has 0 saturated heterocycles. The van der Waals surface area contributed by atoms with Crippen LogP contribution >= 0.6 is 39.1 Å². The van der Waals surface area contributed by atoms with Crippen LogP contribution in [0.4, 0.5) is 0 Å². The molecular weight excluding hydrogens is 289 g/mol. The third-order valence-corrected chi connectivity index (χ3v) is 2.90. The molecule has 0 saturated carbocycles. The summed E-state index contributed by atoms with van der Waals surface area (Å²) in [5, 5.41) is 9.29. The second-order valence-electron chi connectivity index (χ2n) is 2.49. The molecule has 14 heavy (non-hydrogen) atoms. The van der Waals surface area contributed by atoms with Crippen LogP contribution < -0.4 is 0 Å². The second kappa shape index (κ2) is 4.79. The number of rotatable bonds is 2. The van der Waals surface area contributed by atoms with Crippen LogP contribution in [0.3, 0.4) is 0 Å². The Balaban J connectivity index is 3.32. The zero-order valence-electron chi connectivity index (χ0n) is 6.85. The van der Waals surface area contributed by atoms with E-state index in [0.717, 1.165) is 0 Å². The van der Waals surface area contributed by atoms with Crippen LogP contribution in [-0.4, -0.2) is 11.1 Å². The summed E-state index contributed by atoms with van der Waals surface area (Å²) in [5.41, 5.74) is 0.594. The SMILES string of the molecule is N#Cc1cc(C(=O)CBr)cc(Cl)c1Cl. The molecule has 0 N–H and O–H groups in total. The van der Waals surface area contributed by atoms with E-state index < -0.39 is 0 Å². The lowest BCUT2D eigenvalue weighted by Gasteiger charge is -2.02. The number of nitrogens with zero attached hydrogens (tertiary/aromatic N) is 1. The van der Waals surface area contributed by atoms with E-state index in [1.54, 1.807) is 0 Å². The first-order chi connectivity index (χ1) is 6.60. The number of hydrogen-bond donors (Lipinski definition) is 0. The molecule has 1 aromatic carbocycles. The molecular formula is C9H4BrCl2NO. The van der Waals surface area contributed by atoms with Crippen molar-refractivity contribution in [3.05, 3.63) is 33.3 Å². The first-order valence-electron chi connectivity index (χ1n) is 3.58. The van der Waals surface area contributed by atoms with Crippen molar-refractivity contribution < 1.29 is 4.79 Å². The molecule has 0 bridgehead atoms. The maximum atomic E-state index is 11.3.